The van der Waals surface area contributed by atoms with E-state index in [1.54, 1.807) is 4.90 Å². The quantitative estimate of drug-likeness (QED) is 0.719. The number of fused-ring (bicyclic) bond motifs is 1. The fourth-order valence-corrected chi connectivity index (χ4v) is 3.83. The molecule has 6 nitrogen and oxygen atoms in total. The summed E-state index contributed by atoms with van der Waals surface area (Å²) < 4.78 is 0. The van der Waals surface area contributed by atoms with Gasteiger partial charge in [0.25, 0.3) is 0 Å². The molecular weight excluding hydrogens is 248 g/mol. The van der Waals surface area contributed by atoms with Crippen molar-refractivity contribution in [3.05, 3.63) is 0 Å². The highest BCUT2D eigenvalue weighted by atomic mass is 16.4. The predicted octanol–water partition coefficient (Wildman–Crippen LogP) is 0.358. The molecule has 3 rings (SSSR count). The molecule has 3 unspecified atom stereocenters. The van der Waals surface area contributed by atoms with Crippen LogP contribution in [0.4, 0.5) is 4.79 Å². The van der Waals surface area contributed by atoms with Crippen LogP contribution in [-0.4, -0.2) is 63.8 Å². The standard InChI is InChI=1S/C13H20N2O4/c16-11-4-3-8-6-14(7-9(8)11)13(19)15-5-1-2-10(15)12(17)18/h8-11,16H,1-7H2,(H,17,18)/t8?,9?,10-,11?/m0/s1. The Morgan fingerprint density at radius 1 is 1.11 bits per heavy atom. The zero-order valence-electron chi connectivity index (χ0n) is 10.9. The summed E-state index contributed by atoms with van der Waals surface area (Å²) in [5.74, 6) is -0.329. The summed E-state index contributed by atoms with van der Waals surface area (Å²) in [5, 5.41) is 19.0. The van der Waals surface area contributed by atoms with E-state index in [4.69, 9.17) is 5.11 Å². The maximum absolute atomic E-state index is 12.4. The van der Waals surface area contributed by atoms with E-state index in [0.717, 1.165) is 19.3 Å². The van der Waals surface area contributed by atoms with Gasteiger partial charge in [-0.3, -0.25) is 0 Å². The van der Waals surface area contributed by atoms with Crippen LogP contribution in [0.3, 0.4) is 0 Å². The first-order valence-electron chi connectivity index (χ1n) is 7.04. The number of carbonyl (C=O) groups excluding carboxylic acids is 1. The maximum atomic E-state index is 12.4. The van der Waals surface area contributed by atoms with Gasteiger partial charge in [0.05, 0.1) is 6.10 Å². The molecule has 0 aromatic rings. The number of aliphatic hydroxyl groups is 1. The molecular formula is C13H20N2O4. The zero-order valence-corrected chi connectivity index (χ0v) is 10.9. The molecule has 0 aromatic carbocycles. The van der Waals surface area contributed by atoms with Crippen molar-refractivity contribution < 1.29 is 19.8 Å². The van der Waals surface area contributed by atoms with Gasteiger partial charge in [-0.1, -0.05) is 0 Å². The zero-order chi connectivity index (χ0) is 13.6. The number of aliphatic hydroxyl groups excluding tert-OH is 1. The molecule has 0 radical (unpaired) electrons. The third kappa shape index (κ3) is 2.08. The molecule has 3 aliphatic rings. The van der Waals surface area contributed by atoms with Crippen LogP contribution in [0, 0.1) is 11.8 Å². The summed E-state index contributed by atoms with van der Waals surface area (Å²) >= 11 is 0. The van der Waals surface area contributed by atoms with E-state index < -0.39 is 12.0 Å². The van der Waals surface area contributed by atoms with Crippen molar-refractivity contribution in [3.8, 4) is 0 Å². The number of nitrogens with zero attached hydrogens (tertiary/aromatic N) is 2. The van der Waals surface area contributed by atoms with Gasteiger partial charge >= 0.3 is 12.0 Å². The molecule has 2 N–H and O–H groups in total. The lowest BCUT2D eigenvalue weighted by molar-refractivity contribution is -0.141. The van der Waals surface area contributed by atoms with Gasteiger partial charge in [0, 0.05) is 25.6 Å². The van der Waals surface area contributed by atoms with Gasteiger partial charge in [0.15, 0.2) is 0 Å². The topological polar surface area (TPSA) is 81.1 Å². The highest BCUT2D eigenvalue weighted by Crippen LogP contribution is 2.38. The number of rotatable bonds is 1. The predicted molar refractivity (Wildman–Crippen MR) is 66.6 cm³/mol. The Bertz CT molecular complexity index is 400. The van der Waals surface area contributed by atoms with E-state index in [1.165, 1.54) is 4.90 Å². The second kappa shape index (κ2) is 4.67. The van der Waals surface area contributed by atoms with E-state index in [1.807, 2.05) is 0 Å². The molecule has 0 aromatic heterocycles. The van der Waals surface area contributed by atoms with Gasteiger partial charge in [-0.2, -0.15) is 0 Å². The first-order valence-corrected chi connectivity index (χ1v) is 7.04. The molecule has 0 bridgehead atoms. The summed E-state index contributed by atoms with van der Waals surface area (Å²) in [5.41, 5.74) is 0. The number of likely N-dealkylation sites (tertiary alicyclic amines) is 2. The van der Waals surface area contributed by atoms with Crippen molar-refractivity contribution in [1.29, 1.82) is 0 Å². The van der Waals surface area contributed by atoms with Crippen molar-refractivity contribution in [2.24, 2.45) is 11.8 Å². The Hall–Kier alpha value is -1.30. The van der Waals surface area contributed by atoms with Gasteiger partial charge in [-0.05, 0) is 31.6 Å². The number of urea groups is 1. The third-order valence-corrected chi connectivity index (χ3v) is 4.87. The average molecular weight is 268 g/mol. The van der Waals surface area contributed by atoms with Crippen LogP contribution >= 0.6 is 0 Å². The van der Waals surface area contributed by atoms with Crippen LogP contribution in [-0.2, 0) is 4.79 Å². The SMILES string of the molecule is O=C(O)[C@@H]1CCCN1C(=O)N1CC2CCC(O)C2C1. The Labute approximate surface area is 112 Å². The van der Waals surface area contributed by atoms with Crippen LogP contribution in [0.15, 0.2) is 0 Å². The Morgan fingerprint density at radius 2 is 1.89 bits per heavy atom. The van der Waals surface area contributed by atoms with Gasteiger partial charge in [0.2, 0.25) is 0 Å². The molecule has 6 heteroatoms. The smallest absolute Gasteiger partial charge is 0.326 e. The Kier molecular flexibility index (Phi) is 3.12. The van der Waals surface area contributed by atoms with Crippen LogP contribution in [0.2, 0.25) is 0 Å². The molecule has 1 aliphatic carbocycles. The normalized spacial score (nSPS) is 37.7. The van der Waals surface area contributed by atoms with E-state index in [-0.39, 0.29) is 18.1 Å². The van der Waals surface area contributed by atoms with E-state index in [0.29, 0.717) is 32.0 Å². The third-order valence-electron chi connectivity index (χ3n) is 4.87. The maximum Gasteiger partial charge on any atom is 0.326 e. The van der Waals surface area contributed by atoms with E-state index in [9.17, 15) is 14.7 Å². The molecule has 2 saturated heterocycles. The van der Waals surface area contributed by atoms with Crippen LogP contribution in [0.5, 0.6) is 0 Å². The molecule has 106 valence electrons. The van der Waals surface area contributed by atoms with Gasteiger partial charge < -0.3 is 20.0 Å². The van der Waals surface area contributed by atoms with Crippen LogP contribution in [0.1, 0.15) is 25.7 Å². The van der Waals surface area contributed by atoms with Crippen molar-refractivity contribution in [1.82, 2.24) is 9.80 Å². The average Bonchev–Trinajstić information content (AvgIpc) is 3.05. The van der Waals surface area contributed by atoms with Crippen molar-refractivity contribution in [3.63, 3.8) is 0 Å². The fourth-order valence-electron chi connectivity index (χ4n) is 3.83. The number of hydrogen-bond donors (Lipinski definition) is 2. The number of carboxylic acid groups (broad SMARTS) is 1. The molecule has 2 aliphatic heterocycles. The molecule has 4 atom stereocenters. The first kappa shape index (κ1) is 12.7. The Morgan fingerprint density at radius 3 is 2.58 bits per heavy atom. The molecule has 19 heavy (non-hydrogen) atoms. The van der Waals surface area contributed by atoms with Gasteiger partial charge in [0.1, 0.15) is 6.04 Å². The summed E-state index contributed by atoms with van der Waals surface area (Å²) in [6.07, 6.45) is 2.81. The molecule has 3 fully saturated rings. The number of carbonyl (C=O) groups is 2. The first-order chi connectivity index (χ1) is 9.08. The number of amides is 2. The van der Waals surface area contributed by atoms with Crippen molar-refractivity contribution in [2.45, 2.75) is 37.8 Å². The fraction of sp³-hybridized carbons (Fsp3) is 0.846. The molecule has 0 spiro atoms. The van der Waals surface area contributed by atoms with Gasteiger partial charge in [-0.25, -0.2) is 9.59 Å². The highest BCUT2D eigenvalue weighted by Gasteiger charge is 2.45. The number of carboxylic acids is 1. The minimum Gasteiger partial charge on any atom is -0.480 e. The van der Waals surface area contributed by atoms with Crippen molar-refractivity contribution in [2.75, 3.05) is 19.6 Å². The Balaban J connectivity index is 1.67. The number of hydrogen-bond acceptors (Lipinski definition) is 3. The lowest BCUT2D eigenvalue weighted by atomic mass is 10.00. The number of aliphatic carboxylic acids is 1. The molecule has 2 amide bonds. The molecule has 2 heterocycles. The largest absolute Gasteiger partial charge is 0.480 e. The second-order valence-corrected chi connectivity index (χ2v) is 5.95. The summed E-state index contributed by atoms with van der Waals surface area (Å²) in [7, 11) is 0. The summed E-state index contributed by atoms with van der Waals surface area (Å²) in [6.45, 7) is 1.78. The lowest BCUT2D eigenvalue weighted by Gasteiger charge is -2.28. The second-order valence-electron chi connectivity index (χ2n) is 5.95. The minimum atomic E-state index is -0.912. The van der Waals surface area contributed by atoms with E-state index in [2.05, 4.69) is 0 Å². The van der Waals surface area contributed by atoms with Crippen LogP contribution < -0.4 is 0 Å². The molecule has 1 saturated carbocycles. The summed E-state index contributed by atoms with van der Waals surface area (Å²) in [4.78, 5) is 26.8. The lowest BCUT2D eigenvalue weighted by Crippen LogP contribution is -2.47. The van der Waals surface area contributed by atoms with Crippen LogP contribution in [0.25, 0.3) is 0 Å². The van der Waals surface area contributed by atoms with Gasteiger partial charge in [-0.15, -0.1) is 0 Å². The highest BCUT2D eigenvalue weighted by molar-refractivity contribution is 5.83. The van der Waals surface area contributed by atoms with Crippen molar-refractivity contribution >= 4 is 12.0 Å². The summed E-state index contributed by atoms with van der Waals surface area (Å²) in [6, 6.07) is -0.829. The monoisotopic (exact) mass is 268 g/mol. The minimum absolute atomic E-state index is 0.161. The van der Waals surface area contributed by atoms with E-state index >= 15 is 0 Å².